The first kappa shape index (κ1) is 25.8. The largest absolute Gasteiger partial charge is 0.481 e. The number of nitrogens with one attached hydrogen (secondary N) is 2. The number of carboxylic acids is 1. The Morgan fingerprint density at radius 1 is 1.18 bits per heavy atom. The number of Topliss-reactive ketones (excluding diaryl/α,β-unsaturated/α-hetero) is 1. The van der Waals surface area contributed by atoms with E-state index in [9.17, 15) is 32.3 Å². The molecule has 0 aliphatic heterocycles. The van der Waals surface area contributed by atoms with E-state index in [-0.39, 0.29) is 23.2 Å². The van der Waals surface area contributed by atoms with Crippen molar-refractivity contribution in [1.29, 1.82) is 0 Å². The second-order valence-electron chi connectivity index (χ2n) is 7.80. The lowest BCUT2D eigenvalue weighted by atomic mass is 9.94. The number of aliphatic imine (C=N–C) groups is 1. The maximum atomic E-state index is 13.2. The molecule has 1 aromatic carbocycles. The predicted octanol–water partition coefficient (Wildman–Crippen LogP) is 2.16. The van der Waals surface area contributed by atoms with E-state index in [0.29, 0.717) is 18.9 Å². The number of hydrogen-bond acceptors (Lipinski definition) is 5. The fourth-order valence-electron chi connectivity index (χ4n) is 3.57. The van der Waals surface area contributed by atoms with Crippen molar-refractivity contribution < 1.29 is 37.5 Å². The number of carboxylic acid groups (broad SMARTS) is 1. The van der Waals surface area contributed by atoms with Gasteiger partial charge >= 0.3 is 12.1 Å². The van der Waals surface area contributed by atoms with Crippen molar-refractivity contribution in [1.82, 2.24) is 10.6 Å². The Hall–Kier alpha value is -3.44. The normalized spacial score (nSPS) is 15.7. The molecule has 33 heavy (non-hydrogen) atoms. The van der Waals surface area contributed by atoms with Crippen LogP contribution in [0.15, 0.2) is 23.2 Å². The molecule has 1 aromatic rings. The molecule has 0 heterocycles. The van der Waals surface area contributed by atoms with Crippen LogP contribution in [-0.4, -0.2) is 47.1 Å². The summed E-state index contributed by atoms with van der Waals surface area (Å²) in [4.78, 5) is 52.0. The van der Waals surface area contributed by atoms with E-state index in [1.165, 1.54) is 6.92 Å². The highest BCUT2D eigenvalue weighted by Gasteiger charge is 2.33. The number of rotatable bonds is 9. The smallest absolute Gasteiger partial charge is 0.416 e. The average Bonchev–Trinajstić information content (AvgIpc) is 3.24. The molecule has 2 amide bonds. The molecule has 1 aliphatic carbocycles. The third-order valence-corrected chi connectivity index (χ3v) is 5.04. The van der Waals surface area contributed by atoms with Crippen LogP contribution in [-0.2, 0) is 20.6 Å². The number of amidine groups is 1. The van der Waals surface area contributed by atoms with Gasteiger partial charge in [0.25, 0.3) is 5.91 Å². The van der Waals surface area contributed by atoms with Crippen LogP contribution >= 0.6 is 0 Å². The Morgan fingerprint density at radius 3 is 2.36 bits per heavy atom. The average molecular weight is 470 g/mol. The summed E-state index contributed by atoms with van der Waals surface area (Å²) in [6, 6.07) is 1.16. The zero-order chi connectivity index (χ0) is 24.8. The van der Waals surface area contributed by atoms with E-state index >= 15 is 0 Å². The lowest BCUT2D eigenvalue weighted by Gasteiger charge is -2.19. The highest BCUT2D eigenvalue weighted by molar-refractivity contribution is 5.99. The van der Waals surface area contributed by atoms with Gasteiger partial charge in [0, 0.05) is 11.5 Å². The van der Waals surface area contributed by atoms with Gasteiger partial charge in [0.15, 0.2) is 5.78 Å². The highest BCUT2D eigenvalue weighted by atomic mass is 19.4. The van der Waals surface area contributed by atoms with Crippen LogP contribution in [0.1, 0.15) is 54.9 Å². The summed E-state index contributed by atoms with van der Waals surface area (Å²) < 4.78 is 39.5. The standard InChI is InChI=1S/C21H25F3N4O5/c1-11(25)27-15-7-13(6-14(8-15)21(22,23)24)20(33)26-10-17(29)28-16(9-18(30)31)19(32)12-4-2-3-5-12/h6-8,12,16H,2-5,9-10H2,1H3,(H2,25,27)(H,26,33)(H,28,29)(H,30,31). The number of benzene rings is 1. The van der Waals surface area contributed by atoms with E-state index in [1.807, 2.05) is 0 Å². The van der Waals surface area contributed by atoms with Gasteiger partial charge in [-0.1, -0.05) is 12.8 Å². The molecule has 0 spiro atoms. The van der Waals surface area contributed by atoms with E-state index in [4.69, 9.17) is 10.8 Å². The number of aliphatic carboxylic acids is 1. The van der Waals surface area contributed by atoms with Crippen molar-refractivity contribution in [3.63, 3.8) is 0 Å². The molecule has 0 aromatic heterocycles. The number of amides is 2. The minimum Gasteiger partial charge on any atom is -0.481 e. The summed E-state index contributed by atoms with van der Waals surface area (Å²) in [6.07, 6.45) is -2.44. The SMILES string of the molecule is CC(N)=Nc1cc(C(=O)NCC(=O)NC(CC(=O)O)C(=O)C2CCCC2)cc(C(F)(F)F)c1. The minimum atomic E-state index is -4.74. The molecular weight excluding hydrogens is 445 g/mol. The van der Waals surface area contributed by atoms with Crippen LogP contribution in [0.25, 0.3) is 0 Å². The van der Waals surface area contributed by atoms with Crippen molar-refractivity contribution in [3.8, 4) is 0 Å². The first-order valence-electron chi connectivity index (χ1n) is 10.2. The van der Waals surface area contributed by atoms with Gasteiger partial charge in [0.05, 0.1) is 36.1 Å². The van der Waals surface area contributed by atoms with Gasteiger partial charge in [-0.05, 0) is 38.0 Å². The van der Waals surface area contributed by atoms with Gasteiger partial charge in [-0.2, -0.15) is 13.2 Å². The number of halogens is 3. The lowest BCUT2D eigenvalue weighted by Crippen LogP contribution is -2.48. The van der Waals surface area contributed by atoms with Crippen LogP contribution in [0.2, 0.25) is 0 Å². The van der Waals surface area contributed by atoms with Gasteiger partial charge in [0.2, 0.25) is 5.91 Å². The molecule has 0 radical (unpaired) electrons. The van der Waals surface area contributed by atoms with Crippen molar-refractivity contribution in [3.05, 3.63) is 29.3 Å². The van der Waals surface area contributed by atoms with Crippen LogP contribution in [0.3, 0.4) is 0 Å². The minimum absolute atomic E-state index is 0.0172. The molecule has 5 N–H and O–H groups in total. The second kappa shape index (κ2) is 10.9. The highest BCUT2D eigenvalue weighted by Crippen LogP contribution is 2.33. The van der Waals surface area contributed by atoms with Crippen LogP contribution in [0, 0.1) is 5.92 Å². The summed E-state index contributed by atoms with van der Waals surface area (Å²) >= 11 is 0. The Bertz CT molecular complexity index is 952. The predicted molar refractivity (Wildman–Crippen MR) is 112 cm³/mol. The quantitative estimate of drug-likeness (QED) is 0.321. The molecule has 0 saturated heterocycles. The number of ketones is 1. The first-order chi connectivity index (χ1) is 15.4. The summed E-state index contributed by atoms with van der Waals surface area (Å²) in [5.41, 5.74) is 3.69. The number of carbonyl (C=O) groups is 4. The number of carbonyl (C=O) groups excluding carboxylic acids is 3. The molecule has 1 saturated carbocycles. The molecule has 1 unspecified atom stereocenters. The molecular formula is C21H25F3N4O5. The fraction of sp³-hybridized carbons (Fsp3) is 0.476. The van der Waals surface area contributed by atoms with Crippen molar-refractivity contribution in [2.24, 2.45) is 16.6 Å². The topological polar surface area (TPSA) is 151 Å². The zero-order valence-electron chi connectivity index (χ0n) is 17.9. The van der Waals surface area contributed by atoms with Gasteiger partial charge in [-0.25, -0.2) is 4.99 Å². The zero-order valence-corrected chi connectivity index (χ0v) is 17.9. The van der Waals surface area contributed by atoms with Gasteiger partial charge in [-0.3, -0.25) is 19.2 Å². The van der Waals surface area contributed by atoms with Crippen LogP contribution < -0.4 is 16.4 Å². The van der Waals surface area contributed by atoms with Crippen molar-refractivity contribution in [2.45, 2.75) is 51.2 Å². The van der Waals surface area contributed by atoms with E-state index < -0.39 is 54.1 Å². The summed E-state index contributed by atoms with van der Waals surface area (Å²) in [6.45, 7) is 0.697. The molecule has 9 nitrogen and oxygen atoms in total. The molecule has 2 rings (SSSR count). The summed E-state index contributed by atoms with van der Waals surface area (Å²) in [7, 11) is 0. The van der Waals surface area contributed by atoms with E-state index in [0.717, 1.165) is 25.0 Å². The van der Waals surface area contributed by atoms with Crippen LogP contribution in [0.5, 0.6) is 0 Å². The Balaban J connectivity index is 2.09. The molecule has 0 bridgehead atoms. The molecule has 1 atom stereocenters. The van der Waals surface area contributed by atoms with Gasteiger partial charge in [-0.15, -0.1) is 0 Å². The third kappa shape index (κ3) is 7.88. The number of alkyl halides is 3. The van der Waals surface area contributed by atoms with Crippen molar-refractivity contribution in [2.75, 3.05) is 6.54 Å². The number of hydrogen-bond donors (Lipinski definition) is 4. The Morgan fingerprint density at radius 2 is 1.82 bits per heavy atom. The van der Waals surface area contributed by atoms with Crippen LogP contribution in [0.4, 0.5) is 18.9 Å². The maximum Gasteiger partial charge on any atom is 0.416 e. The summed E-state index contributed by atoms with van der Waals surface area (Å²) in [5, 5.41) is 13.5. The van der Waals surface area contributed by atoms with Gasteiger partial charge < -0.3 is 21.5 Å². The van der Waals surface area contributed by atoms with E-state index in [2.05, 4.69) is 15.6 Å². The lowest BCUT2D eigenvalue weighted by molar-refractivity contribution is -0.141. The first-order valence-corrected chi connectivity index (χ1v) is 10.2. The number of nitrogens with two attached hydrogens (primary N) is 1. The third-order valence-electron chi connectivity index (χ3n) is 5.04. The molecule has 1 fully saturated rings. The Kier molecular flexibility index (Phi) is 8.55. The van der Waals surface area contributed by atoms with Crippen molar-refractivity contribution >= 4 is 35.1 Å². The monoisotopic (exact) mass is 470 g/mol. The molecule has 12 heteroatoms. The summed E-state index contributed by atoms with van der Waals surface area (Å²) in [5.74, 6) is -3.84. The maximum absolute atomic E-state index is 13.2. The van der Waals surface area contributed by atoms with E-state index in [1.54, 1.807) is 0 Å². The second-order valence-corrected chi connectivity index (χ2v) is 7.80. The number of nitrogens with zero attached hydrogens (tertiary/aromatic N) is 1. The Labute approximate surface area is 187 Å². The van der Waals surface area contributed by atoms with Gasteiger partial charge in [0.1, 0.15) is 0 Å². The molecule has 1 aliphatic rings. The fourth-order valence-corrected chi connectivity index (χ4v) is 3.57. The molecule has 180 valence electrons.